The smallest absolute Gasteiger partial charge is 0.136 e. The van der Waals surface area contributed by atoms with E-state index in [0.29, 0.717) is 17.9 Å². The summed E-state index contributed by atoms with van der Waals surface area (Å²) in [5.74, 6) is 0.424. The molecule has 130 valence electrons. The largest absolute Gasteiger partial charge is 0.300 e. The van der Waals surface area contributed by atoms with Crippen LogP contribution in [0.1, 0.15) is 25.7 Å². The molecule has 0 saturated heterocycles. The molecule has 2 heteroatoms. The lowest BCUT2D eigenvalue weighted by molar-refractivity contribution is -0.120. The minimum absolute atomic E-state index is 0.385. The van der Waals surface area contributed by atoms with Crippen LogP contribution in [0, 0.1) is 0 Å². The van der Waals surface area contributed by atoms with Crippen LogP contribution >= 0.6 is 7.26 Å². The lowest BCUT2D eigenvalue weighted by Gasteiger charge is -2.36. The fourth-order valence-corrected chi connectivity index (χ4v) is 9.54. The Hall–Kier alpha value is -2.24. The molecule has 0 heterocycles. The summed E-state index contributed by atoms with van der Waals surface area (Å²) < 4.78 is 0. The Kier molecular flexibility index (Phi) is 5.00. The predicted octanol–water partition coefficient (Wildman–Crippen LogP) is 4.49. The van der Waals surface area contributed by atoms with Crippen molar-refractivity contribution in [2.24, 2.45) is 0 Å². The van der Waals surface area contributed by atoms with E-state index in [4.69, 9.17) is 0 Å². The molecular weight excluding hydrogens is 335 g/mol. The molecule has 3 aromatic carbocycles. The second kappa shape index (κ2) is 7.56. The molecule has 1 unspecified atom stereocenters. The average molecular weight is 359 g/mol. The molecule has 0 radical (unpaired) electrons. The maximum atomic E-state index is 12.4. The first-order chi connectivity index (χ1) is 12.8. The van der Waals surface area contributed by atoms with E-state index in [9.17, 15) is 4.79 Å². The zero-order valence-electron chi connectivity index (χ0n) is 14.9. The van der Waals surface area contributed by atoms with E-state index in [0.717, 1.165) is 19.3 Å². The van der Waals surface area contributed by atoms with Crippen molar-refractivity contribution >= 4 is 29.0 Å². The molecule has 26 heavy (non-hydrogen) atoms. The summed E-state index contributed by atoms with van der Waals surface area (Å²) in [6.07, 6.45) is 3.58. The molecule has 0 amide bonds. The van der Waals surface area contributed by atoms with Crippen molar-refractivity contribution in [2.75, 3.05) is 0 Å². The fourth-order valence-electron chi connectivity index (χ4n) is 4.40. The summed E-state index contributed by atoms with van der Waals surface area (Å²) >= 11 is 0. The lowest BCUT2D eigenvalue weighted by atomic mass is 9.99. The van der Waals surface area contributed by atoms with Gasteiger partial charge in [0.05, 0.1) is 5.66 Å². The van der Waals surface area contributed by atoms with Crippen LogP contribution in [0.2, 0.25) is 0 Å². The highest BCUT2D eigenvalue weighted by atomic mass is 31.2. The maximum absolute atomic E-state index is 12.4. The van der Waals surface area contributed by atoms with Crippen molar-refractivity contribution in [1.29, 1.82) is 0 Å². The molecule has 1 aliphatic rings. The minimum atomic E-state index is -1.89. The van der Waals surface area contributed by atoms with Gasteiger partial charge in [-0.15, -0.1) is 0 Å². The zero-order valence-corrected chi connectivity index (χ0v) is 15.8. The third kappa shape index (κ3) is 3.02. The van der Waals surface area contributed by atoms with Crippen molar-refractivity contribution < 1.29 is 4.79 Å². The first-order valence-electron chi connectivity index (χ1n) is 9.39. The Morgan fingerprint density at radius 1 is 0.654 bits per heavy atom. The van der Waals surface area contributed by atoms with Crippen molar-refractivity contribution in [2.45, 2.75) is 31.3 Å². The molecule has 1 atom stereocenters. The van der Waals surface area contributed by atoms with Crippen molar-refractivity contribution in [3.63, 3.8) is 0 Å². The molecule has 0 spiro atoms. The van der Waals surface area contributed by atoms with Gasteiger partial charge >= 0.3 is 0 Å². The average Bonchev–Trinajstić information content (AvgIpc) is 2.71. The van der Waals surface area contributed by atoms with Crippen LogP contribution in [-0.4, -0.2) is 11.4 Å². The quantitative estimate of drug-likeness (QED) is 0.627. The SMILES string of the molecule is O=C1CCCC([P+](c2ccccc2)(c2ccccc2)c2ccccc2)C1. The number of hydrogen-bond donors (Lipinski definition) is 0. The molecule has 1 aliphatic carbocycles. The van der Waals surface area contributed by atoms with Gasteiger partial charge in [0, 0.05) is 12.8 Å². The third-order valence-electron chi connectivity index (χ3n) is 5.49. The highest BCUT2D eigenvalue weighted by Crippen LogP contribution is 2.62. The molecule has 4 rings (SSSR count). The number of benzene rings is 3. The second-order valence-electron chi connectivity index (χ2n) is 7.02. The number of carbonyl (C=O) groups excluding carboxylic acids is 1. The van der Waals surface area contributed by atoms with E-state index in [1.807, 2.05) is 0 Å². The van der Waals surface area contributed by atoms with Gasteiger partial charge in [-0.2, -0.15) is 0 Å². The molecular formula is C24H24OP+. The number of Topliss-reactive ketones (excluding diaryl/α,β-unsaturated/α-hetero) is 1. The summed E-state index contributed by atoms with van der Waals surface area (Å²) in [6, 6.07) is 32.7. The van der Waals surface area contributed by atoms with Crippen LogP contribution in [0.25, 0.3) is 0 Å². The van der Waals surface area contributed by atoms with Crippen LogP contribution in [0.4, 0.5) is 0 Å². The highest BCUT2D eigenvalue weighted by Gasteiger charge is 2.53. The number of ketones is 1. The van der Waals surface area contributed by atoms with Crippen molar-refractivity contribution in [1.82, 2.24) is 0 Å². The van der Waals surface area contributed by atoms with Crippen LogP contribution in [0.15, 0.2) is 91.0 Å². The Morgan fingerprint density at radius 2 is 1.08 bits per heavy atom. The number of rotatable bonds is 4. The molecule has 0 aromatic heterocycles. The van der Waals surface area contributed by atoms with Crippen LogP contribution < -0.4 is 15.9 Å². The summed E-state index contributed by atoms with van der Waals surface area (Å²) in [7, 11) is -1.89. The van der Waals surface area contributed by atoms with Crippen molar-refractivity contribution in [3.8, 4) is 0 Å². The van der Waals surface area contributed by atoms with E-state index < -0.39 is 7.26 Å². The van der Waals surface area contributed by atoms with Gasteiger partial charge in [0.1, 0.15) is 29.0 Å². The van der Waals surface area contributed by atoms with Gasteiger partial charge < -0.3 is 0 Å². The summed E-state index contributed by atoms with van der Waals surface area (Å²) in [4.78, 5) is 12.4. The van der Waals surface area contributed by atoms with Gasteiger partial charge in [-0.3, -0.25) is 4.79 Å². The summed E-state index contributed by atoms with van der Waals surface area (Å²) in [5, 5.41) is 4.16. The van der Waals surface area contributed by atoms with Gasteiger partial charge in [-0.05, 0) is 49.2 Å². The third-order valence-corrected chi connectivity index (χ3v) is 10.4. The van der Waals surface area contributed by atoms with Crippen LogP contribution in [-0.2, 0) is 4.79 Å². The van der Waals surface area contributed by atoms with Crippen molar-refractivity contribution in [3.05, 3.63) is 91.0 Å². The molecule has 0 N–H and O–H groups in total. The Bertz CT molecular complexity index is 762. The normalized spacial score (nSPS) is 17.8. The zero-order chi connectivity index (χ0) is 17.8. The highest BCUT2D eigenvalue weighted by molar-refractivity contribution is 7.96. The molecule has 1 nitrogen and oxygen atoms in total. The fraction of sp³-hybridized carbons (Fsp3) is 0.208. The monoisotopic (exact) mass is 359 g/mol. The van der Waals surface area contributed by atoms with Gasteiger partial charge in [-0.25, -0.2) is 0 Å². The van der Waals surface area contributed by atoms with E-state index >= 15 is 0 Å². The van der Waals surface area contributed by atoms with Gasteiger partial charge in [0.25, 0.3) is 0 Å². The Morgan fingerprint density at radius 3 is 1.46 bits per heavy atom. The standard InChI is InChI=1S/C24H24OP/c25-20-11-10-18-24(19-20)26(21-12-4-1-5-13-21,22-14-6-2-7-15-22)23-16-8-3-9-17-23/h1-9,12-17,24H,10-11,18-19H2/q+1. The summed E-state index contributed by atoms with van der Waals surface area (Å²) in [5.41, 5.74) is 0.385. The van der Waals surface area contributed by atoms with Gasteiger partial charge in [0.15, 0.2) is 0 Å². The number of hydrogen-bond acceptors (Lipinski definition) is 1. The molecule has 1 saturated carbocycles. The maximum Gasteiger partial charge on any atom is 0.136 e. The Labute approximate surface area is 156 Å². The van der Waals surface area contributed by atoms with Crippen LogP contribution in [0.3, 0.4) is 0 Å². The Balaban J connectivity index is 2.02. The van der Waals surface area contributed by atoms with E-state index in [1.165, 1.54) is 15.9 Å². The predicted molar refractivity (Wildman–Crippen MR) is 112 cm³/mol. The number of carbonyl (C=O) groups is 1. The molecule has 1 fully saturated rings. The minimum Gasteiger partial charge on any atom is -0.300 e. The second-order valence-corrected chi connectivity index (χ2v) is 10.7. The van der Waals surface area contributed by atoms with Gasteiger partial charge in [0.2, 0.25) is 0 Å². The molecule has 0 aliphatic heterocycles. The molecule has 3 aromatic rings. The van der Waals surface area contributed by atoms with E-state index in [2.05, 4.69) is 91.0 Å². The first kappa shape index (κ1) is 17.2. The molecule has 0 bridgehead atoms. The lowest BCUT2D eigenvalue weighted by Crippen LogP contribution is -2.41. The van der Waals surface area contributed by atoms with E-state index in [-0.39, 0.29) is 0 Å². The summed E-state index contributed by atoms with van der Waals surface area (Å²) in [6.45, 7) is 0. The van der Waals surface area contributed by atoms with Gasteiger partial charge in [-0.1, -0.05) is 54.6 Å². The first-order valence-corrected chi connectivity index (χ1v) is 11.2. The topological polar surface area (TPSA) is 17.1 Å². The van der Waals surface area contributed by atoms with Crippen LogP contribution in [0.5, 0.6) is 0 Å². The van der Waals surface area contributed by atoms with E-state index in [1.54, 1.807) is 0 Å².